The molecule has 134 valence electrons. The van der Waals surface area contributed by atoms with Gasteiger partial charge in [0.15, 0.2) is 0 Å². The minimum absolute atomic E-state index is 0.0626. The van der Waals surface area contributed by atoms with E-state index in [1.165, 1.54) is 6.42 Å². The molecule has 2 aromatic rings. The molecular weight excluding hydrogens is 318 g/mol. The van der Waals surface area contributed by atoms with E-state index in [-0.39, 0.29) is 12.5 Å². The molecular formula is C19H25N3O3. The topological polar surface area (TPSA) is 78.6 Å². The Morgan fingerprint density at radius 2 is 2.08 bits per heavy atom. The lowest BCUT2D eigenvalue weighted by Gasteiger charge is -2.29. The van der Waals surface area contributed by atoms with Crippen molar-refractivity contribution in [3.8, 4) is 0 Å². The molecule has 3 heterocycles. The highest BCUT2D eigenvalue weighted by Crippen LogP contribution is 2.24. The highest BCUT2D eigenvalue weighted by molar-refractivity contribution is 5.98. The molecule has 1 atom stereocenters. The zero-order valence-corrected chi connectivity index (χ0v) is 14.8. The van der Waals surface area contributed by atoms with E-state index >= 15 is 0 Å². The summed E-state index contributed by atoms with van der Waals surface area (Å²) in [6, 6.07) is 7.06. The van der Waals surface area contributed by atoms with Crippen LogP contribution in [-0.2, 0) is 5.60 Å². The van der Waals surface area contributed by atoms with Crippen molar-refractivity contribution in [3.63, 3.8) is 0 Å². The normalized spacial score (nSPS) is 17.2. The molecule has 1 amide bonds. The molecule has 0 bridgehead atoms. The fourth-order valence-corrected chi connectivity index (χ4v) is 3.09. The predicted molar refractivity (Wildman–Crippen MR) is 95.7 cm³/mol. The van der Waals surface area contributed by atoms with Crippen molar-refractivity contribution < 1.29 is 14.3 Å². The lowest BCUT2D eigenvalue weighted by Crippen LogP contribution is -2.39. The number of carbonyl (C=O) groups excluding carboxylic acids is 1. The molecule has 1 aliphatic heterocycles. The molecule has 2 N–H and O–H groups in total. The number of hydrogen-bond acceptors (Lipinski definition) is 5. The van der Waals surface area contributed by atoms with E-state index in [9.17, 15) is 9.90 Å². The predicted octanol–water partition coefficient (Wildman–Crippen LogP) is 2.61. The van der Waals surface area contributed by atoms with Crippen LogP contribution in [0.1, 0.15) is 48.1 Å². The molecule has 6 heteroatoms. The number of carbonyl (C=O) groups is 1. The first-order valence-electron chi connectivity index (χ1n) is 8.75. The van der Waals surface area contributed by atoms with E-state index in [2.05, 4.69) is 15.2 Å². The van der Waals surface area contributed by atoms with Gasteiger partial charge in [-0.15, -0.1) is 0 Å². The molecule has 0 saturated carbocycles. The molecule has 1 fully saturated rings. The average Bonchev–Trinajstić information content (AvgIpc) is 3.08. The maximum absolute atomic E-state index is 12.7. The number of aryl methyl sites for hydroxylation is 1. The second-order valence-corrected chi connectivity index (χ2v) is 6.79. The Kier molecular flexibility index (Phi) is 5.08. The standard InChI is InChI=1S/C19H25N3O3/c1-14-8-9-16(25-14)19(2,24)13-21-18(23)15-7-6-10-20-17(15)22-11-4-3-5-12-22/h6-10,24H,3-5,11-13H2,1-2H3,(H,21,23). The quantitative estimate of drug-likeness (QED) is 0.872. The van der Waals surface area contributed by atoms with Gasteiger partial charge in [0.2, 0.25) is 0 Å². The number of furan rings is 1. The van der Waals surface area contributed by atoms with Gasteiger partial charge in [-0.2, -0.15) is 0 Å². The van der Waals surface area contributed by atoms with Gasteiger partial charge in [0, 0.05) is 19.3 Å². The molecule has 1 saturated heterocycles. The van der Waals surface area contributed by atoms with Crippen LogP contribution in [0, 0.1) is 6.92 Å². The van der Waals surface area contributed by atoms with Gasteiger partial charge in [-0.1, -0.05) is 0 Å². The van der Waals surface area contributed by atoms with Crippen molar-refractivity contribution in [2.45, 2.75) is 38.7 Å². The first kappa shape index (κ1) is 17.5. The lowest BCUT2D eigenvalue weighted by molar-refractivity contribution is 0.0323. The number of hydrogen-bond donors (Lipinski definition) is 2. The van der Waals surface area contributed by atoms with Crippen LogP contribution >= 0.6 is 0 Å². The number of aromatic nitrogens is 1. The smallest absolute Gasteiger partial charge is 0.255 e. The Morgan fingerprint density at radius 1 is 1.32 bits per heavy atom. The fraction of sp³-hybridized carbons (Fsp3) is 0.474. The summed E-state index contributed by atoms with van der Waals surface area (Å²) in [4.78, 5) is 19.2. The molecule has 25 heavy (non-hydrogen) atoms. The summed E-state index contributed by atoms with van der Waals surface area (Å²) in [6.07, 6.45) is 5.16. The van der Waals surface area contributed by atoms with Gasteiger partial charge in [-0.05, 0) is 57.4 Å². The summed E-state index contributed by atoms with van der Waals surface area (Å²) >= 11 is 0. The summed E-state index contributed by atoms with van der Waals surface area (Å²) < 4.78 is 5.48. The molecule has 1 aliphatic rings. The van der Waals surface area contributed by atoms with Crippen LogP contribution in [0.3, 0.4) is 0 Å². The van der Waals surface area contributed by atoms with Crippen LogP contribution in [0.2, 0.25) is 0 Å². The summed E-state index contributed by atoms with van der Waals surface area (Å²) in [5, 5.41) is 13.4. The van der Waals surface area contributed by atoms with Gasteiger partial charge in [-0.3, -0.25) is 4.79 Å². The van der Waals surface area contributed by atoms with Crippen LogP contribution in [0.15, 0.2) is 34.9 Å². The third-order valence-corrected chi connectivity index (χ3v) is 4.55. The highest BCUT2D eigenvalue weighted by Gasteiger charge is 2.28. The number of nitrogens with zero attached hydrogens (tertiary/aromatic N) is 2. The Hall–Kier alpha value is -2.34. The van der Waals surface area contributed by atoms with Crippen molar-refractivity contribution in [2.75, 3.05) is 24.5 Å². The van der Waals surface area contributed by atoms with E-state index in [4.69, 9.17) is 4.42 Å². The number of pyridine rings is 1. The summed E-state index contributed by atoms with van der Waals surface area (Å²) in [6.45, 7) is 5.34. The van der Waals surface area contributed by atoms with Gasteiger partial charge >= 0.3 is 0 Å². The molecule has 0 aromatic carbocycles. The van der Waals surface area contributed by atoms with E-state index < -0.39 is 5.60 Å². The molecule has 6 nitrogen and oxygen atoms in total. The molecule has 0 radical (unpaired) electrons. The Bertz CT molecular complexity index is 733. The minimum Gasteiger partial charge on any atom is -0.463 e. The average molecular weight is 343 g/mol. The van der Waals surface area contributed by atoms with Crippen molar-refractivity contribution in [1.82, 2.24) is 10.3 Å². The lowest BCUT2D eigenvalue weighted by atomic mass is 10.0. The van der Waals surface area contributed by atoms with E-state index in [0.29, 0.717) is 17.1 Å². The maximum atomic E-state index is 12.7. The number of aliphatic hydroxyl groups is 1. The van der Waals surface area contributed by atoms with Crippen LogP contribution in [0.4, 0.5) is 5.82 Å². The molecule has 1 unspecified atom stereocenters. The second kappa shape index (κ2) is 7.27. The minimum atomic E-state index is -1.27. The Balaban J connectivity index is 1.71. The number of rotatable bonds is 5. The van der Waals surface area contributed by atoms with Crippen molar-refractivity contribution in [1.29, 1.82) is 0 Å². The van der Waals surface area contributed by atoms with E-state index in [1.807, 2.05) is 6.92 Å². The number of nitrogens with one attached hydrogen (secondary N) is 1. The summed E-state index contributed by atoms with van der Waals surface area (Å²) in [7, 11) is 0. The van der Waals surface area contributed by atoms with Gasteiger partial charge in [0.25, 0.3) is 5.91 Å². The van der Waals surface area contributed by atoms with Gasteiger partial charge in [0.1, 0.15) is 22.9 Å². The largest absolute Gasteiger partial charge is 0.463 e. The number of piperidine rings is 1. The zero-order chi connectivity index (χ0) is 17.9. The van der Waals surface area contributed by atoms with Crippen LogP contribution in [-0.4, -0.2) is 35.6 Å². The highest BCUT2D eigenvalue weighted by atomic mass is 16.4. The van der Waals surface area contributed by atoms with E-state index in [1.54, 1.807) is 37.4 Å². The molecule has 2 aromatic heterocycles. The van der Waals surface area contributed by atoms with Gasteiger partial charge in [0.05, 0.1) is 12.1 Å². The fourth-order valence-electron chi connectivity index (χ4n) is 3.09. The number of anilines is 1. The van der Waals surface area contributed by atoms with Crippen molar-refractivity contribution in [3.05, 3.63) is 47.5 Å². The van der Waals surface area contributed by atoms with Crippen LogP contribution < -0.4 is 10.2 Å². The Morgan fingerprint density at radius 3 is 2.76 bits per heavy atom. The van der Waals surface area contributed by atoms with E-state index in [0.717, 1.165) is 31.7 Å². The second-order valence-electron chi connectivity index (χ2n) is 6.79. The first-order chi connectivity index (χ1) is 12.0. The molecule has 3 rings (SSSR count). The molecule has 0 spiro atoms. The van der Waals surface area contributed by atoms with Gasteiger partial charge in [-0.25, -0.2) is 4.98 Å². The summed E-state index contributed by atoms with van der Waals surface area (Å²) in [5.74, 6) is 1.64. The molecule has 0 aliphatic carbocycles. The Labute approximate surface area is 147 Å². The third kappa shape index (κ3) is 4.02. The van der Waals surface area contributed by atoms with Crippen LogP contribution in [0.25, 0.3) is 0 Å². The number of amides is 1. The van der Waals surface area contributed by atoms with Crippen LogP contribution in [0.5, 0.6) is 0 Å². The van der Waals surface area contributed by atoms with Gasteiger partial charge < -0.3 is 19.7 Å². The monoisotopic (exact) mass is 343 g/mol. The first-order valence-corrected chi connectivity index (χ1v) is 8.75. The maximum Gasteiger partial charge on any atom is 0.255 e. The summed E-state index contributed by atoms with van der Waals surface area (Å²) in [5.41, 5.74) is -0.729. The van der Waals surface area contributed by atoms with Crippen molar-refractivity contribution >= 4 is 11.7 Å². The SMILES string of the molecule is Cc1ccc(C(C)(O)CNC(=O)c2cccnc2N2CCCCC2)o1. The van der Waals surface area contributed by atoms with Crippen molar-refractivity contribution in [2.24, 2.45) is 0 Å². The third-order valence-electron chi connectivity index (χ3n) is 4.55. The zero-order valence-electron chi connectivity index (χ0n) is 14.8.